The second-order valence-corrected chi connectivity index (χ2v) is 4.95. The van der Waals surface area contributed by atoms with Crippen LogP contribution in [0.5, 0.6) is 0 Å². The third-order valence-electron chi connectivity index (χ3n) is 3.44. The van der Waals surface area contributed by atoms with Gasteiger partial charge in [0.15, 0.2) is 0 Å². The van der Waals surface area contributed by atoms with Crippen molar-refractivity contribution in [2.45, 2.75) is 31.8 Å². The summed E-state index contributed by atoms with van der Waals surface area (Å²) in [6.07, 6.45) is 6.04. The molecule has 5 nitrogen and oxygen atoms in total. The Balaban J connectivity index is 1.84. The SMILES string of the molecule is CN(CCC1CCCCO1)C(=O)c1ccc(=O)[nH]c1. The maximum absolute atomic E-state index is 12.1. The minimum absolute atomic E-state index is 0.0768. The van der Waals surface area contributed by atoms with Gasteiger partial charge in [-0.05, 0) is 31.7 Å². The Kier molecular flexibility index (Phi) is 4.74. The number of nitrogens with one attached hydrogen (secondary N) is 1. The fourth-order valence-corrected chi connectivity index (χ4v) is 2.24. The normalized spacial score (nSPS) is 19.1. The molecule has 2 heterocycles. The van der Waals surface area contributed by atoms with Gasteiger partial charge in [-0.25, -0.2) is 0 Å². The van der Waals surface area contributed by atoms with Crippen molar-refractivity contribution in [1.82, 2.24) is 9.88 Å². The van der Waals surface area contributed by atoms with E-state index in [1.807, 2.05) is 0 Å². The van der Waals surface area contributed by atoms with Gasteiger partial charge in [-0.15, -0.1) is 0 Å². The van der Waals surface area contributed by atoms with Gasteiger partial charge in [0.25, 0.3) is 5.91 Å². The number of rotatable bonds is 4. The van der Waals surface area contributed by atoms with Crippen molar-refractivity contribution < 1.29 is 9.53 Å². The summed E-state index contributed by atoms with van der Waals surface area (Å²) in [7, 11) is 1.77. The van der Waals surface area contributed by atoms with E-state index in [-0.39, 0.29) is 17.6 Å². The van der Waals surface area contributed by atoms with Gasteiger partial charge in [0, 0.05) is 32.5 Å². The van der Waals surface area contributed by atoms with Gasteiger partial charge in [-0.2, -0.15) is 0 Å². The zero-order chi connectivity index (χ0) is 13.7. The second kappa shape index (κ2) is 6.52. The molecule has 0 spiro atoms. The summed E-state index contributed by atoms with van der Waals surface area (Å²) in [6, 6.07) is 2.92. The van der Waals surface area contributed by atoms with E-state index in [0.717, 1.165) is 25.9 Å². The van der Waals surface area contributed by atoms with Crippen LogP contribution < -0.4 is 5.56 Å². The predicted octanol–water partition coefficient (Wildman–Crippen LogP) is 1.41. The Labute approximate surface area is 112 Å². The third kappa shape index (κ3) is 3.92. The number of carbonyl (C=O) groups is 1. The molecule has 1 aliphatic heterocycles. The van der Waals surface area contributed by atoms with Crippen molar-refractivity contribution in [3.05, 3.63) is 34.2 Å². The first-order valence-electron chi connectivity index (χ1n) is 6.72. The van der Waals surface area contributed by atoms with Crippen LogP contribution in [0.3, 0.4) is 0 Å². The van der Waals surface area contributed by atoms with E-state index in [4.69, 9.17) is 4.74 Å². The van der Waals surface area contributed by atoms with E-state index in [1.165, 1.54) is 18.7 Å². The van der Waals surface area contributed by atoms with Gasteiger partial charge in [0.1, 0.15) is 0 Å². The lowest BCUT2D eigenvalue weighted by Crippen LogP contribution is -2.31. The Morgan fingerprint density at radius 2 is 2.32 bits per heavy atom. The number of nitrogens with zero attached hydrogens (tertiary/aromatic N) is 1. The highest BCUT2D eigenvalue weighted by molar-refractivity contribution is 5.93. The molecule has 0 aromatic carbocycles. The largest absolute Gasteiger partial charge is 0.378 e. The van der Waals surface area contributed by atoms with Gasteiger partial charge < -0.3 is 14.6 Å². The molecule has 1 atom stereocenters. The first-order chi connectivity index (χ1) is 9.16. The summed E-state index contributed by atoms with van der Waals surface area (Å²) in [5.74, 6) is -0.0768. The minimum atomic E-state index is -0.199. The quantitative estimate of drug-likeness (QED) is 0.894. The third-order valence-corrected chi connectivity index (χ3v) is 3.44. The molecule has 1 amide bonds. The molecule has 1 unspecified atom stereocenters. The summed E-state index contributed by atoms with van der Waals surface area (Å²) in [4.78, 5) is 27.2. The topological polar surface area (TPSA) is 62.4 Å². The summed E-state index contributed by atoms with van der Waals surface area (Å²) in [6.45, 7) is 1.50. The van der Waals surface area contributed by atoms with E-state index in [2.05, 4.69) is 4.98 Å². The molecule has 1 aromatic rings. The lowest BCUT2D eigenvalue weighted by molar-refractivity contribution is 0.00709. The summed E-state index contributed by atoms with van der Waals surface area (Å²) in [5.41, 5.74) is 0.307. The predicted molar refractivity (Wildman–Crippen MR) is 72.2 cm³/mol. The lowest BCUT2D eigenvalue weighted by atomic mass is 10.1. The average molecular weight is 264 g/mol. The van der Waals surface area contributed by atoms with Crippen molar-refractivity contribution in [1.29, 1.82) is 0 Å². The molecule has 1 fully saturated rings. The lowest BCUT2D eigenvalue weighted by Gasteiger charge is -2.25. The van der Waals surface area contributed by atoms with Crippen molar-refractivity contribution >= 4 is 5.91 Å². The van der Waals surface area contributed by atoms with Gasteiger partial charge in [-0.1, -0.05) is 0 Å². The standard InChI is InChI=1S/C14H20N2O3/c1-16(8-7-12-4-2-3-9-19-12)14(18)11-5-6-13(17)15-10-11/h5-6,10,12H,2-4,7-9H2,1H3,(H,15,17). The molecule has 5 heteroatoms. The van der Waals surface area contributed by atoms with Crippen LogP contribution in [0.2, 0.25) is 0 Å². The zero-order valence-electron chi connectivity index (χ0n) is 11.2. The van der Waals surface area contributed by atoms with Crippen LogP contribution in [0.4, 0.5) is 0 Å². The average Bonchev–Trinajstić information content (AvgIpc) is 2.46. The molecule has 1 N–H and O–H groups in total. The molecular formula is C14H20N2O3. The van der Waals surface area contributed by atoms with E-state index < -0.39 is 0 Å². The zero-order valence-corrected chi connectivity index (χ0v) is 11.2. The van der Waals surface area contributed by atoms with Gasteiger partial charge >= 0.3 is 0 Å². The summed E-state index contributed by atoms with van der Waals surface area (Å²) >= 11 is 0. The molecular weight excluding hydrogens is 244 g/mol. The van der Waals surface area contributed by atoms with E-state index in [9.17, 15) is 9.59 Å². The number of carbonyl (C=O) groups excluding carboxylic acids is 1. The molecule has 2 rings (SSSR count). The molecule has 0 bridgehead atoms. The van der Waals surface area contributed by atoms with Crippen LogP contribution >= 0.6 is 0 Å². The summed E-state index contributed by atoms with van der Waals surface area (Å²) in [5, 5.41) is 0. The fraction of sp³-hybridized carbons (Fsp3) is 0.571. The minimum Gasteiger partial charge on any atom is -0.378 e. The molecule has 0 aliphatic carbocycles. The van der Waals surface area contributed by atoms with Gasteiger partial charge in [0.2, 0.25) is 5.56 Å². The highest BCUT2D eigenvalue weighted by atomic mass is 16.5. The van der Waals surface area contributed by atoms with Crippen molar-refractivity contribution in [3.63, 3.8) is 0 Å². The smallest absolute Gasteiger partial charge is 0.255 e. The number of pyridine rings is 1. The Morgan fingerprint density at radius 1 is 1.47 bits per heavy atom. The first kappa shape index (κ1) is 13.8. The number of H-pyrrole nitrogens is 1. The maximum atomic E-state index is 12.1. The van der Waals surface area contributed by atoms with Crippen LogP contribution in [-0.2, 0) is 4.74 Å². The van der Waals surface area contributed by atoms with E-state index in [1.54, 1.807) is 18.0 Å². The molecule has 1 saturated heterocycles. The Hall–Kier alpha value is -1.62. The van der Waals surface area contributed by atoms with Crippen LogP contribution in [0.15, 0.2) is 23.1 Å². The molecule has 104 valence electrons. The van der Waals surface area contributed by atoms with Crippen LogP contribution in [0.1, 0.15) is 36.0 Å². The highest BCUT2D eigenvalue weighted by Gasteiger charge is 2.17. The molecule has 1 aliphatic rings. The maximum Gasteiger partial charge on any atom is 0.255 e. The van der Waals surface area contributed by atoms with Gasteiger partial charge in [-0.3, -0.25) is 9.59 Å². The number of amides is 1. The summed E-state index contributed by atoms with van der Waals surface area (Å²) < 4.78 is 5.64. The highest BCUT2D eigenvalue weighted by Crippen LogP contribution is 2.16. The number of hydrogen-bond donors (Lipinski definition) is 1. The van der Waals surface area contributed by atoms with Crippen molar-refractivity contribution in [2.24, 2.45) is 0 Å². The first-order valence-corrected chi connectivity index (χ1v) is 6.72. The molecule has 1 aromatic heterocycles. The van der Waals surface area contributed by atoms with Crippen LogP contribution in [0.25, 0.3) is 0 Å². The molecule has 0 radical (unpaired) electrons. The van der Waals surface area contributed by atoms with Crippen LogP contribution in [0, 0.1) is 0 Å². The van der Waals surface area contributed by atoms with E-state index >= 15 is 0 Å². The number of aromatic nitrogens is 1. The molecule has 19 heavy (non-hydrogen) atoms. The number of ether oxygens (including phenoxy) is 1. The van der Waals surface area contributed by atoms with E-state index in [0.29, 0.717) is 12.1 Å². The number of aromatic amines is 1. The monoisotopic (exact) mass is 264 g/mol. The van der Waals surface area contributed by atoms with Crippen molar-refractivity contribution in [2.75, 3.05) is 20.2 Å². The number of hydrogen-bond acceptors (Lipinski definition) is 3. The second-order valence-electron chi connectivity index (χ2n) is 4.95. The Morgan fingerprint density at radius 3 is 2.95 bits per heavy atom. The van der Waals surface area contributed by atoms with Crippen molar-refractivity contribution in [3.8, 4) is 0 Å². The Bertz CT molecular complexity index is 457. The van der Waals surface area contributed by atoms with Crippen LogP contribution in [-0.4, -0.2) is 42.1 Å². The van der Waals surface area contributed by atoms with Gasteiger partial charge in [0.05, 0.1) is 11.7 Å². The molecule has 0 saturated carbocycles. The fourth-order valence-electron chi connectivity index (χ4n) is 2.24.